The van der Waals surface area contributed by atoms with Crippen LogP contribution in [0.15, 0.2) is 48.5 Å². The van der Waals surface area contributed by atoms with Gasteiger partial charge in [-0.05, 0) is 48.4 Å². The number of nitrogens with one attached hydrogen (secondary N) is 1. The van der Waals surface area contributed by atoms with Gasteiger partial charge in [-0.3, -0.25) is 4.79 Å². The minimum absolute atomic E-state index is 0.125. The van der Waals surface area contributed by atoms with E-state index in [1.165, 1.54) is 5.56 Å². The molecule has 0 atom stereocenters. The van der Waals surface area contributed by atoms with Crippen LogP contribution in [0.1, 0.15) is 22.8 Å². The van der Waals surface area contributed by atoms with Gasteiger partial charge < -0.3 is 5.32 Å². The number of amides is 1. The third-order valence-corrected chi connectivity index (χ3v) is 2.95. The molecule has 1 amide bonds. The maximum absolute atomic E-state index is 12.0. The molecule has 2 rings (SSSR count). The first-order chi connectivity index (χ1) is 8.69. The molecule has 0 unspecified atom stereocenters. The van der Waals surface area contributed by atoms with Crippen LogP contribution in [0.4, 0.5) is 5.69 Å². The molecule has 2 aromatic carbocycles. The third-order valence-electron chi connectivity index (χ3n) is 2.70. The van der Waals surface area contributed by atoms with E-state index in [2.05, 4.69) is 12.2 Å². The van der Waals surface area contributed by atoms with E-state index in [-0.39, 0.29) is 5.91 Å². The molecule has 0 aliphatic heterocycles. The summed E-state index contributed by atoms with van der Waals surface area (Å²) in [6.07, 6.45) is 0.949. The highest BCUT2D eigenvalue weighted by molar-refractivity contribution is 6.30. The Hall–Kier alpha value is -1.80. The van der Waals surface area contributed by atoms with Crippen molar-refractivity contribution in [3.8, 4) is 0 Å². The van der Waals surface area contributed by atoms with Crippen LogP contribution in [0.3, 0.4) is 0 Å². The maximum atomic E-state index is 12.0. The lowest BCUT2D eigenvalue weighted by atomic mass is 10.1. The second kappa shape index (κ2) is 5.69. The average Bonchev–Trinajstić information content (AvgIpc) is 2.39. The molecule has 0 saturated carbocycles. The van der Waals surface area contributed by atoms with Crippen LogP contribution in [0.25, 0.3) is 0 Å². The fraction of sp³-hybridized carbons (Fsp3) is 0.133. The summed E-state index contributed by atoms with van der Waals surface area (Å²) in [7, 11) is 0. The lowest BCUT2D eigenvalue weighted by molar-refractivity contribution is 0.102. The van der Waals surface area contributed by atoms with Crippen LogP contribution >= 0.6 is 11.6 Å². The molecule has 0 bridgehead atoms. The molecule has 3 heteroatoms. The standard InChI is InChI=1S/C15H14ClNO/c1-2-11-4-3-5-14(10-11)17-15(18)12-6-8-13(16)9-7-12/h3-10H,2H2,1H3,(H,17,18). The number of rotatable bonds is 3. The smallest absolute Gasteiger partial charge is 0.255 e. The van der Waals surface area contributed by atoms with E-state index >= 15 is 0 Å². The van der Waals surface area contributed by atoms with Gasteiger partial charge in [0, 0.05) is 16.3 Å². The summed E-state index contributed by atoms with van der Waals surface area (Å²) in [6.45, 7) is 2.08. The summed E-state index contributed by atoms with van der Waals surface area (Å²) >= 11 is 5.78. The Bertz CT molecular complexity index is 549. The van der Waals surface area contributed by atoms with Crippen LogP contribution in [0, 0.1) is 0 Å². The lowest BCUT2D eigenvalue weighted by Crippen LogP contribution is -2.11. The van der Waals surface area contributed by atoms with Crippen LogP contribution in [-0.2, 0) is 6.42 Å². The van der Waals surface area contributed by atoms with Gasteiger partial charge in [0.25, 0.3) is 5.91 Å². The molecular formula is C15H14ClNO. The monoisotopic (exact) mass is 259 g/mol. The van der Waals surface area contributed by atoms with Gasteiger partial charge in [0.15, 0.2) is 0 Å². The van der Waals surface area contributed by atoms with Gasteiger partial charge in [-0.1, -0.05) is 30.7 Å². The molecular weight excluding hydrogens is 246 g/mol. The van der Waals surface area contributed by atoms with Gasteiger partial charge in [-0.2, -0.15) is 0 Å². The topological polar surface area (TPSA) is 29.1 Å². The summed E-state index contributed by atoms with van der Waals surface area (Å²) < 4.78 is 0. The van der Waals surface area contributed by atoms with Gasteiger partial charge in [-0.15, -0.1) is 0 Å². The zero-order valence-electron chi connectivity index (χ0n) is 10.1. The van der Waals surface area contributed by atoms with Crippen LogP contribution in [0.5, 0.6) is 0 Å². The Kier molecular flexibility index (Phi) is 4.00. The zero-order valence-corrected chi connectivity index (χ0v) is 10.9. The predicted molar refractivity (Wildman–Crippen MR) is 75.2 cm³/mol. The summed E-state index contributed by atoms with van der Waals surface area (Å²) in [5, 5.41) is 3.49. The minimum Gasteiger partial charge on any atom is -0.322 e. The number of carbonyl (C=O) groups is 1. The van der Waals surface area contributed by atoms with E-state index < -0.39 is 0 Å². The van der Waals surface area contributed by atoms with E-state index in [0.717, 1.165) is 12.1 Å². The fourth-order valence-corrected chi connectivity index (χ4v) is 1.80. The minimum atomic E-state index is -0.125. The van der Waals surface area contributed by atoms with E-state index in [4.69, 9.17) is 11.6 Å². The van der Waals surface area contributed by atoms with Crippen LogP contribution < -0.4 is 5.32 Å². The third kappa shape index (κ3) is 3.11. The first-order valence-corrected chi connectivity index (χ1v) is 6.22. The largest absolute Gasteiger partial charge is 0.322 e. The lowest BCUT2D eigenvalue weighted by Gasteiger charge is -2.06. The summed E-state index contributed by atoms with van der Waals surface area (Å²) in [5.74, 6) is -0.125. The Labute approximate surface area is 112 Å². The number of benzene rings is 2. The van der Waals surface area contributed by atoms with Crippen molar-refractivity contribution in [2.24, 2.45) is 0 Å². The van der Waals surface area contributed by atoms with Gasteiger partial charge in [-0.25, -0.2) is 0 Å². The summed E-state index contributed by atoms with van der Waals surface area (Å²) in [6, 6.07) is 14.7. The molecule has 0 aromatic heterocycles. The normalized spacial score (nSPS) is 10.1. The molecule has 92 valence electrons. The van der Waals surface area contributed by atoms with Gasteiger partial charge in [0.2, 0.25) is 0 Å². The molecule has 2 aromatic rings. The molecule has 1 N–H and O–H groups in total. The highest BCUT2D eigenvalue weighted by Crippen LogP contribution is 2.14. The van der Waals surface area contributed by atoms with E-state index in [9.17, 15) is 4.79 Å². The second-order valence-electron chi connectivity index (χ2n) is 4.01. The average molecular weight is 260 g/mol. The number of aryl methyl sites for hydroxylation is 1. The predicted octanol–water partition coefficient (Wildman–Crippen LogP) is 4.15. The first-order valence-electron chi connectivity index (χ1n) is 5.85. The number of halogens is 1. The van der Waals surface area contributed by atoms with Crippen molar-refractivity contribution in [1.82, 2.24) is 0 Å². The fourth-order valence-electron chi connectivity index (χ4n) is 1.67. The van der Waals surface area contributed by atoms with Gasteiger partial charge in [0.05, 0.1) is 0 Å². The summed E-state index contributed by atoms with van der Waals surface area (Å²) in [5.41, 5.74) is 2.61. The maximum Gasteiger partial charge on any atom is 0.255 e. The van der Waals surface area contributed by atoms with E-state index in [0.29, 0.717) is 10.6 Å². The first kappa shape index (κ1) is 12.7. The van der Waals surface area contributed by atoms with Crippen molar-refractivity contribution >= 4 is 23.2 Å². The number of hydrogen-bond acceptors (Lipinski definition) is 1. The highest BCUT2D eigenvalue weighted by atomic mass is 35.5. The Morgan fingerprint density at radius 2 is 1.89 bits per heavy atom. The molecule has 18 heavy (non-hydrogen) atoms. The quantitative estimate of drug-likeness (QED) is 0.881. The number of anilines is 1. The second-order valence-corrected chi connectivity index (χ2v) is 4.45. The SMILES string of the molecule is CCc1cccc(NC(=O)c2ccc(Cl)cc2)c1. The van der Waals surface area contributed by atoms with Gasteiger partial charge >= 0.3 is 0 Å². The van der Waals surface area contributed by atoms with Gasteiger partial charge in [0.1, 0.15) is 0 Å². The van der Waals surface area contributed by atoms with Crippen molar-refractivity contribution < 1.29 is 4.79 Å². The Morgan fingerprint density at radius 1 is 1.17 bits per heavy atom. The van der Waals surface area contributed by atoms with E-state index in [1.54, 1.807) is 24.3 Å². The van der Waals surface area contributed by atoms with Crippen molar-refractivity contribution in [1.29, 1.82) is 0 Å². The van der Waals surface area contributed by atoms with Crippen molar-refractivity contribution in [3.05, 3.63) is 64.7 Å². The molecule has 0 aliphatic rings. The van der Waals surface area contributed by atoms with Crippen LogP contribution in [0.2, 0.25) is 5.02 Å². The zero-order chi connectivity index (χ0) is 13.0. The Balaban J connectivity index is 2.13. The van der Waals surface area contributed by atoms with Crippen molar-refractivity contribution in [2.75, 3.05) is 5.32 Å². The van der Waals surface area contributed by atoms with Crippen molar-refractivity contribution in [2.45, 2.75) is 13.3 Å². The molecule has 0 spiro atoms. The Morgan fingerprint density at radius 3 is 2.56 bits per heavy atom. The number of carbonyl (C=O) groups excluding carboxylic acids is 1. The van der Waals surface area contributed by atoms with Crippen LogP contribution in [-0.4, -0.2) is 5.91 Å². The van der Waals surface area contributed by atoms with E-state index in [1.807, 2.05) is 24.3 Å². The van der Waals surface area contributed by atoms with Crippen molar-refractivity contribution in [3.63, 3.8) is 0 Å². The molecule has 0 saturated heterocycles. The highest BCUT2D eigenvalue weighted by Gasteiger charge is 2.05. The number of hydrogen-bond donors (Lipinski definition) is 1. The molecule has 0 heterocycles. The molecule has 0 fully saturated rings. The molecule has 2 nitrogen and oxygen atoms in total. The molecule has 0 aliphatic carbocycles. The summed E-state index contributed by atoms with van der Waals surface area (Å²) in [4.78, 5) is 12.0. The molecule has 0 radical (unpaired) electrons.